The summed E-state index contributed by atoms with van der Waals surface area (Å²) >= 11 is 1.41. The highest BCUT2D eigenvalue weighted by molar-refractivity contribution is 7.98. The number of methoxy groups -OCH3 is 1. The lowest BCUT2D eigenvalue weighted by Gasteiger charge is -2.25. The Hall–Kier alpha value is -3.79. The maximum atomic E-state index is 12.9. The molecule has 0 saturated carbocycles. The van der Waals surface area contributed by atoms with Gasteiger partial charge in [-0.2, -0.15) is 9.50 Å². The van der Waals surface area contributed by atoms with Gasteiger partial charge in [0, 0.05) is 36.4 Å². The number of Topliss-reactive ketones (excluding diaryl/α,β-unsaturated/α-hetero) is 1. The molecular formula is C23H19N5O4S. The number of nitro groups is 1. The van der Waals surface area contributed by atoms with Gasteiger partial charge in [0.2, 0.25) is 5.16 Å². The van der Waals surface area contributed by atoms with Gasteiger partial charge < -0.3 is 4.74 Å². The predicted molar refractivity (Wildman–Crippen MR) is 122 cm³/mol. The quantitative estimate of drug-likeness (QED) is 0.238. The van der Waals surface area contributed by atoms with E-state index in [2.05, 4.69) is 15.1 Å². The van der Waals surface area contributed by atoms with Gasteiger partial charge in [0.1, 0.15) is 5.75 Å². The van der Waals surface area contributed by atoms with Gasteiger partial charge in [-0.25, -0.2) is 4.98 Å². The van der Waals surface area contributed by atoms with Crippen molar-refractivity contribution in [1.29, 1.82) is 0 Å². The standard InChI is InChI=1S/C23H19N5O4S/c1-32-21-5-3-2-4-17(21)15-10-19-18(20(29)11-15)12-24-22-25-23(26-27(19)22)33-13-14-6-8-16(9-7-14)28(30)31/h2-9,12,15H,10-11,13H2,1H3. The molecule has 1 aliphatic rings. The van der Waals surface area contributed by atoms with Crippen LogP contribution in [0, 0.1) is 10.1 Å². The van der Waals surface area contributed by atoms with Gasteiger partial charge in [0.25, 0.3) is 11.5 Å². The summed E-state index contributed by atoms with van der Waals surface area (Å²) in [6.45, 7) is 0. The number of ether oxygens (including phenoxy) is 1. The van der Waals surface area contributed by atoms with E-state index in [9.17, 15) is 14.9 Å². The van der Waals surface area contributed by atoms with Gasteiger partial charge >= 0.3 is 0 Å². The average Bonchev–Trinajstić information content (AvgIpc) is 3.26. The van der Waals surface area contributed by atoms with E-state index in [1.54, 1.807) is 30.0 Å². The molecule has 0 fully saturated rings. The number of ketones is 1. The van der Waals surface area contributed by atoms with E-state index < -0.39 is 4.92 Å². The number of fused-ring (bicyclic) bond motifs is 3. The number of hydrogen-bond acceptors (Lipinski definition) is 8. The fraction of sp³-hybridized carbons (Fsp3) is 0.217. The molecule has 4 aromatic rings. The van der Waals surface area contributed by atoms with Crippen LogP contribution in [0.3, 0.4) is 0 Å². The van der Waals surface area contributed by atoms with Crippen LogP contribution < -0.4 is 4.74 Å². The first-order valence-electron chi connectivity index (χ1n) is 10.3. The van der Waals surface area contributed by atoms with Crippen molar-refractivity contribution in [3.8, 4) is 5.75 Å². The number of non-ortho nitro benzene ring substituents is 1. The summed E-state index contributed by atoms with van der Waals surface area (Å²) in [7, 11) is 1.63. The highest BCUT2D eigenvalue weighted by Crippen LogP contribution is 2.37. The second-order valence-electron chi connectivity index (χ2n) is 7.71. The number of aromatic nitrogens is 4. The average molecular weight is 462 g/mol. The molecule has 33 heavy (non-hydrogen) atoms. The Morgan fingerprint density at radius 2 is 1.97 bits per heavy atom. The molecule has 2 aromatic heterocycles. The molecule has 0 spiro atoms. The van der Waals surface area contributed by atoms with Crippen molar-refractivity contribution in [2.75, 3.05) is 7.11 Å². The van der Waals surface area contributed by atoms with Crippen LogP contribution in [0.1, 0.15) is 39.5 Å². The molecular weight excluding hydrogens is 442 g/mol. The van der Waals surface area contributed by atoms with Gasteiger partial charge in [-0.3, -0.25) is 14.9 Å². The third-order valence-electron chi connectivity index (χ3n) is 5.71. The highest BCUT2D eigenvalue weighted by Gasteiger charge is 2.31. The minimum Gasteiger partial charge on any atom is -0.496 e. The number of carbonyl (C=O) groups is 1. The molecule has 2 heterocycles. The molecule has 166 valence electrons. The lowest BCUT2D eigenvalue weighted by atomic mass is 9.82. The number of nitro benzene ring substituents is 1. The van der Waals surface area contributed by atoms with Crippen LogP contribution in [-0.2, 0) is 12.2 Å². The van der Waals surface area contributed by atoms with Crippen LogP contribution in [0.2, 0.25) is 0 Å². The van der Waals surface area contributed by atoms with Crippen LogP contribution in [0.15, 0.2) is 59.9 Å². The SMILES string of the molecule is COc1ccccc1C1CC(=O)c2cnc3nc(SCc4ccc([N+](=O)[O-])cc4)nn3c2C1. The number of benzene rings is 2. The fourth-order valence-corrected chi connectivity index (χ4v) is 4.85. The molecule has 0 bridgehead atoms. The van der Waals surface area contributed by atoms with Crippen molar-refractivity contribution >= 4 is 29.0 Å². The van der Waals surface area contributed by atoms with Crippen LogP contribution in [-0.4, -0.2) is 37.4 Å². The number of thioether (sulfide) groups is 1. The first kappa shape index (κ1) is 21.1. The first-order valence-corrected chi connectivity index (χ1v) is 11.3. The summed E-state index contributed by atoms with van der Waals surface area (Å²) in [6.07, 6.45) is 2.60. The zero-order valence-electron chi connectivity index (χ0n) is 17.7. The van der Waals surface area contributed by atoms with Crippen LogP contribution in [0.4, 0.5) is 5.69 Å². The topological polar surface area (TPSA) is 113 Å². The summed E-state index contributed by atoms with van der Waals surface area (Å²) in [5, 5.41) is 16.0. The van der Waals surface area contributed by atoms with Crippen molar-refractivity contribution in [2.24, 2.45) is 0 Å². The summed E-state index contributed by atoms with van der Waals surface area (Å²) in [5.74, 6) is 1.76. The molecule has 10 heteroatoms. The maximum absolute atomic E-state index is 12.9. The van der Waals surface area contributed by atoms with E-state index >= 15 is 0 Å². The van der Waals surface area contributed by atoms with Gasteiger partial charge in [-0.05, 0) is 23.6 Å². The summed E-state index contributed by atoms with van der Waals surface area (Å²) in [5.41, 5.74) is 3.34. The Morgan fingerprint density at radius 3 is 2.73 bits per heavy atom. The van der Waals surface area contributed by atoms with Crippen molar-refractivity contribution < 1.29 is 14.5 Å². The van der Waals surface area contributed by atoms with Crippen molar-refractivity contribution in [1.82, 2.24) is 19.6 Å². The lowest BCUT2D eigenvalue weighted by Crippen LogP contribution is -2.22. The Labute approximate surface area is 193 Å². The molecule has 0 aliphatic heterocycles. The Kier molecular flexibility index (Phi) is 5.51. The fourth-order valence-electron chi connectivity index (χ4n) is 4.08. The molecule has 0 radical (unpaired) electrons. The normalized spacial score (nSPS) is 15.4. The second kappa shape index (κ2) is 8.62. The van der Waals surface area contributed by atoms with Crippen molar-refractivity contribution in [2.45, 2.75) is 29.7 Å². The molecule has 1 atom stereocenters. The van der Waals surface area contributed by atoms with Gasteiger partial charge in [-0.15, -0.1) is 5.10 Å². The molecule has 9 nitrogen and oxygen atoms in total. The predicted octanol–water partition coefficient (Wildman–Crippen LogP) is 4.25. The van der Waals surface area contributed by atoms with Crippen LogP contribution in [0.5, 0.6) is 5.75 Å². The number of carbonyl (C=O) groups excluding carboxylic acids is 1. The van der Waals surface area contributed by atoms with Gasteiger partial charge in [0.05, 0.1) is 23.3 Å². The zero-order valence-corrected chi connectivity index (χ0v) is 18.5. The van der Waals surface area contributed by atoms with E-state index in [0.717, 1.165) is 22.6 Å². The Bertz CT molecular complexity index is 1370. The molecule has 0 N–H and O–H groups in total. The van der Waals surface area contributed by atoms with Gasteiger partial charge in [0.15, 0.2) is 5.78 Å². The minimum atomic E-state index is -0.422. The second-order valence-corrected chi connectivity index (χ2v) is 8.65. The zero-order chi connectivity index (χ0) is 22.9. The van der Waals surface area contributed by atoms with Crippen molar-refractivity contribution in [3.63, 3.8) is 0 Å². The van der Waals surface area contributed by atoms with E-state index in [0.29, 0.717) is 35.1 Å². The number of rotatable bonds is 6. The van der Waals surface area contributed by atoms with E-state index in [1.165, 1.54) is 23.9 Å². The monoisotopic (exact) mass is 461 g/mol. The summed E-state index contributed by atoms with van der Waals surface area (Å²) in [4.78, 5) is 32.1. The number of para-hydroxylation sites is 1. The molecule has 1 unspecified atom stereocenters. The van der Waals surface area contributed by atoms with Crippen LogP contribution >= 0.6 is 11.8 Å². The lowest BCUT2D eigenvalue weighted by molar-refractivity contribution is -0.384. The third kappa shape index (κ3) is 4.05. The molecule has 5 rings (SSSR count). The van der Waals surface area contributed by atoms with Gasteiger partial charge in [-0.1, -0.05) is 42.1 Å². The molecule has 0 saturated heterocycles. The molecule has 0 amide bonds. The van der Waals surface area contributed by atoms with Crippen molar-refractivity contribution in [3.05, 3.63) is 87.2 Å². The molecule has 2 aromatic carbocycles. The minimum absolute atomic E-state index is 0.0211. The van der Waals surface area contributed by atoms with E-state index in [4.69, 9.17) is 4.74 Å². The number of nitrogens with zero attached hydrogens (tertiary/aromatic N) is 5. The summed E-state index contributed by atoms with van der Waals surface area (Å²) < 4.78 is 7.17. The van der Waals surface area contributed by atoms with E-state index in [1.807, 2.05) is 24.3 Å². The summed E-state index contributed by atoms with van der Waals surface area (Å²) in [6, 6.07) is 14.2. The Morgan fingerprint density at radius 1 is 1.18 bits per heavy atom. The largest absolute Gasteiger partial charge is 0.496 e. The smallest absolute Gasteiger partial charge is 0.269 e. The molecule has 1 aliphatic carbocycles. The maximum Gasteiger partial charge on any atom is 0.269 e. The third-order valence-corrected chi connectivity index (χ3v) is 6.62. The first-order chi connectivity index (χ1) is 16.0. The van der Waals surface area contributed by atoms with Crippen LogP contribution in [0.25, 0.3) is 5.78 Å². The highest BCUT2D eigenvalue weighted by atomic mass is 32.2. The van der Waals surface area contributed by atoms with E-state index in [-0.39, 0.29) is 17.4 Å². The number of hydrogen-bond donors (Lipinski definition) is 0. The Balaban J connectivity index is 1.42.